The first-order valence-corrected chi connectivity index (χ1v) is 13.9. The van der Waals surface area contributed by atoms with E-state index in [1.54, 1.807) is 33.3 Å². The van der Waals surface area contributed by atoms with Gasteiger partial charge in [0.1, 0.15) is 17.4 Å². The summed E-state index contributed by atoms with van der Waals surface area (Å²) in [5.41, 5.74) is 2.00. The lowest BCUT2D eigenvalue weighted by Crippen LogP contribution is -2.24. The molecule has 11 heteroatoms. The first-order chi connectivity index (χ1) is 19.8. The number of thioether (sulfide) groups is 1. The fourth-order valence-electron chi connectivity index (χ4n) is 4.35. The number of methoxy groups -OCH3 is 2. The van der Waals surface area contributed by atoms with Crippen LogP contribution in [0.1, 0.15) is 31.1 Å². The molecular formula is C30H30FN5O4S. The summed E-state index contributed by atoms with van der Waals surface area (Å²) in [6.07, 6.45) is 0. The van der Waals surface area contributed by atoms with Gasteiger partial charge in [0.25, 0.3) is 0 Å². The minimum atomic E-state index is -0.574. The number of aromatic nitrogens is 5. The van der Waals surface area contributed by atoms with Gasteiger partial charge in [-0.25, -0.2) is 4.39 Å². The molecule has 0 unspecified atom stereocenters. The van der Waals surface area contributed by atoms with E-state index in [1.807, 2.05) is 47.0 Å². The Morgan fingerprint density at radius 2 is 1.66 bits per heavy atom. The number of aryl methyl sites for hydroxylation is 1. The molecule has 0 fully saturated rings. The number of nitrogens with zero attached hydrogens (tertiary/aromatic N) is 5. The number of ether oxygens (including phenoxy) is 3. The zero-order valence-corrected chi connectivity index (χ0v) is 24.2. The van der Waals surface area contributed by atoms with E-state index in [1.165, 1.54) is 23.9 Å². The molecule has 0 radical (unpaired) electrons. The van der Waals surface area contributed by atoms with Crippen molar-refractivity contribution >= 4 is 11.8 Å². The minimum absolute atomic E-state index is 0.314. The summed E-state index contributed by atoms with van der Waals surface area (Å²) < 4.78 is 37.7. The SMILES string of the molecule is COc1ccc(C(C)(C)c2nnc(SCCOc3ccc(-c4noc(C)n4)cc3)n2-c2ccc(F)cc2)cc1OC. The second kappa shape index (κ2) is 12.0. The van der Waals surface area contributed by atoms with Crippen LogP contribution in [0.25, 0.3) is 17.1 Å². The van der Waals surface area contributed by atoms with E-state index in [0.29, 0.717) is 46.6 Å². The molecule has 2 aromatic heterocycles. The van der Waals surface area contributed by atoms with Gasteiger partial charge in [-0.2, -0.15) is 4.98 Å². The van der Waals surface area contributed by atoms with Crippen molar-refractivity contribution < 1.29 is 23.1 Å². The van der Waals surface area contributed by atoms with Gasteiger partial charge in [0.05, 0.1) is 26.2 Å². The molecule has 0 bridgehead atoms. The van der Waals surface area contributed by atoms with Crippen LogP contribution in [0.3, 0.4) is 0 Å². The Bertz CT molecular complexity index is 1620. The average Bonchev–Trinajstić information content (AvgIpc) is 3.62. The minimum Gasteiger partial charge on any atom is -0.493 e. The van der Waals surface area contributed by atoms with Gasteiger partial charge in [-0.1, -0.05) is 23.0 Å². The highest BCUT2D eigenvalue weighted by molar-refractivity contribution is 7.99. The van der Waals surface area contributed by atoms with Gasteiger partial charge in [-0.3, -0.25) is 4.57 Å². The third kappa shape index (κ3) is 6.04. The monoisotopic (exact) mass is 575 g/mol. The van der Waals surface area contributed by atoms with E-state index < -0.39 is 5.41 Å². The van der Waals surface area contributed by atoms with Crippen molar-refractivity contribution in [2.45, 2.75) is 31.3 Å². The molecule has 41 heavy (non-hydrogen) atoms. The molecule has 0 aliphatic rings. The lowest BCUT2D eigenvalue weighted by Gasteiger charge is -2.26. The maximum Gasteiger partial charge on any atom is 0.223 e. The fraction of sp³-hybridized carbons (Fsp3) is 0.267. The molecule has 9 nitrogen and oxygen atoms in total. The highest BCUT2D eigenvalue weighted by Gasteiger charge is 2.32. The largest absolute Gasteiger partial charge is 0.493 e. The highest BCUT2D eigenvalue weighted by atomic mass is 32.2. The number of halogens is 1. The van der Waals surface area contributed by atoms with Gasteiger partial charge in [-0.05, 0) is 80.1 Å². The van der Waals surface area contributed by atoms with Crippen LogP contribution in [0.4, 0.5) is 4.39 Å². The van der Waals surface area contributed by atoms with Crippen LogP contribution in [0.2, 0.25) is 0 Å². The molecule has 2 heterocycles. The molecule has 0 amide bonds. The zero-order valence-electron chi connectivity index (χ0n) is 23.4. The molecule has 0 spiro atoms. The number of hydrogen-bond donors (Lipinski definition) is 0. The number of hydrogen-bond acceptors (Lipinski definition) is 9. The van der Waals surface area contributed by atoms with Crippen molar-refractivity contribution in [1.29, 1.82) is 0 Å². The normalized spacial score (nSPS) is 11.5. The topological polar surface area (TPSA) is 97.3 Å². The first-order valence-electron chi connectivity index (χ1n) is 12.9. The van der Waals surface area contributed by atoms with Crippen LogP contribution in [0, 0.1) is 12.7 Å². The van der Waals surface area contributed by atoms with Gasteiger partial charge >= 0.3 is 0 Å². The predicted molar refractivity (Wildman–Crippen MR) is 154 cm³/mol. The van der Waals surface area contributed by atoms with Crippen molar-refractivity contribution in [3.8, 4) is 34.3 Å². The van der Waals surface area contributed by atoms with Gasteiger partial charge in [0.2, 0.25) is 11.7 Å². The van der Waals surface area contributed by atoms with Crippen LogP contribution < -0.4 is 14.2 Å². The summed E-state index contributed by atoms with van der Waals surface area (Å²) in [5.74, 6) is 4.04. The summed E-state index contributed by atoms with van der Waals surface area (Å²) >= 11 is 1.51. The van der Waals surface area contributed by atoms with Crippen LogP contribution in [-0.4, -0.2) is 51.5 Å². The Kier molecular flexibility index (Phi) is 8.25. The molecule has 0 saturated heterocycles. The summed E-state index contributed by atoms with van der Waals surface area (Å²) in [4.78, 5) is 4.24. The van der Waals surface area contributed by atoms with E-state index in [-0.39, 0.29) is 5.82 Å². The molecule has 0 aliphatic heterocycles. The summed E-state index contributed by atoms with van der Waals surface area (Å²) in [7, 11) is 3.21. The second-order valence-electron chi connectivity index (χ2n) is 9.67. The Morgan fingerprint density at radius 3 is 2.32 bits per heavy atom. The van der Waals surface area contributed by atoms with Gasteiger partial charge < -0.3 is 18.7 Å². The summed E-state index contributed by atoms with van der Waals surface area (Å²) in [6.45, 7) is 6.32. The highest BCUT2D eigenvalue weighted by Crippen LogP contribution is 2.38. The zero-order chi connectivity index (χ0) is 29.0. The summed E-state index contributed by atoms with van der Waals surface area (Å²) in [5, 5.41) is 13.7. The van der Waals surface area contributed by atoms with Crippen LogP contribution >= 0.6 is 11.8 Å². The van der Waals surface area contributed by atoms with Crippen molar-refractivity contribution in [1.82, 2.24) is 24.9 Å². The standard InChI is InChI=1S/C30H30FN5O4S/c1-19-32-27(35-40-19)20-6-13-24(14-7-20)39-16-17-41-29-34-33-28(36(29)23-11-9-22(31)10-12-23)30(2,3)21-8-15-25(37-4)26(18-21)38-5/h6-15,18H,16-17H2,1-5H3. The van der Waals surface area contributed by atoms with E-state index in [0.717, 1.165) is 22.6 Å². The lowest BCUT2D eigenvalue weighted by atomic mass is 9.83. The second-order valence-corrected chi connectivity index (χ2v) is 10.7. The van der Waals surface area contributed by atoms with Crippen molar-refractivity contribution in [2.24, 2.45) is 0 Å². The Hall–Kier alpha value is -4.38. The third-order valence-electron chi connectivity index (χ3n) is 6.61. The molecular weight excluding hydrogens is 545 g/mol. The number of rotatable bonds is 11. The van der Waals surface area contributed by atoms with E-state index in [9.17, 15) is 4.39 Å². The third-order valence-corrected chi connectivity index (χ3v) is 7.50. The van der Waals surface area contributed by atoms with E-state index >= 15 is 0 Å². The Morgan fingerprint density at radius 1 is 0.927 bits per heavy atom. The molecule has 0 aliphatic carbocycles. The van der Waals surface area contributed by atoms with Gasteiger partial charge in [-0.15, -0.1) is 10.2 Å². The van der Waals surface area contributed by atoms with E-state index in [2.05, 4.69) is 34.2 Å². The number of benzene rings is 3. The maximum atomic E-state index is 13.8. The Labute approximate surface area is 241 Å². The van der Waals surface area contributed by atoms with Crippen LogP contribution in [0.5, 0.6) is 17.2 Å². The molecule has 3 aromatic carbocycles. The quantitative estimate of drug-likeness (QED) is 0.133. The summed E-state index contributed by atoms with van der Waals surface area (Å²) in [6, 6.07) is 19.6. The van der Waals surface area contributed by atoms with Crippen molar-refractivity contribution in [2.75, 3.05) is 26.6 Å². The molecule has 0 saturated carbocycles. The van der Waals surface area contributed by atoms with Gasteiger partial charge in [0, 0.05) is 23.9 Å². The maximum absolute atomic E-state index is 13.8. The molecule has 0 N–H and O–H groups in total. The van der Waals surface area contributed by atoms with Crippen molar-refractivity contribution in [3.63, 3.8) is 0 Å². The van der Waals surface area contributed by atoms with Crippen molar-refractivity contribution in [3.05, 3.63) is 89.8 Å². The Balaban J connectivity index is 1.35. The van der Waals surface area contributed by atoms with Gasteiger partial charge in [0.15, 0.2) is 16.7 Å². The first kappa shape index (κ1) is 28.2. The molecule has 212 valence electrons. The smallest absolute Gasteiger partial charge is 0.223 e. The van der Waals surface area contributed by atoms with E-state index in [4.69, 9.17) is 18.7 Å². The lowest BCUT2D eigenvalue weighted by molar-refractivity contribution is 0.344. The van der Waals surface area contributed by atoms with Crippen LogP contribution in [0.15, 0.2) is 76.4 Å². The fourth-order valence-corrected chi connectivity index (χ4v) is 5.12. The predicted octanol–water partition coefficient (Wildman–Crippen LogP) is 6.28. The average molecular weight is 576 g/mol. The molecule has 5 aromatic rings. The molecule has 0 atom stereocenters. The van der Waals surface area contributed by atoms with Crippen LogP contribution in [-0.2, 0) is 5.41 Å². The molecule has 5 rings (SSSR count).